The number of halogens is 1. The Balaban J connectivity index is 1.71. The van der Waals surface area contributed by atoms with Crippen LogP contribution >= 0.6 is 11.6 Å². The largest absolute Gasteiger partial charge is 0.375 e. The summed E-state index contributed by atoms with van der Waals surface area (Å²) < 4.78 is 0. The molecule has 0 spiro atoms. The molecule has 0 aliphatic carbocycles. The van der Waals surface area contributed by atoms with E-state index in [1.54, 1.807) is 47.4 Å². The van der Waals surface area contributed by atoms with Crippen LogP contribution in [0.25, 0.3) is 0 Å². The summed E-state index contributed by atoms with van der Waals surface area (Å²) in [6, 6.07) is 21.5. The minimum absolute atomic E-state index is 0.297. The van der Waals surface area contributed by atoms with E-state index in [1.165, 1.54) is 0 Å². The van der Waals surface area contributed by atoms with Gasteiger partial charge in [-0.15, -0.1) is 0 Å². The van der Waals surface area contributed by atoms with Gasteiger partial charge in [-0.2, -0.15) is 0 Å². The predicted octanol–water partition coefficient (Wildman–Crippen LogP) is 4.66. The van der Waals surface area contributed by atoms with Crippen LogP contribution in [-0.4, -0.2) is 16.8 Å². The average Bonchev–Trinajstić information content (AvgIpc) is 2.92. The fourth-order valence-electron chi connectivity index (χ4n) is 3.81. The summed E-state index contributed by atoms with van der Waals surface area (Å²) in [6.07, 6.45) is -0.364. The standard InChI is InChI=1S/C24H20ClNO3/c1-16-8-2-3-9-17(16)15-26-21-13-7-5-11-19(21)24(29,23(26)28)14-22(27)18-10-4-6-12-20(18)25/h2-13,29H,14-15H2,1H3. The molecule has 4 nitrogen and oxygen atoms in total. The van der Waals surface area contributed by atoms with Gasteiger partial charge in [0, 0.05) is 11.1 Å². The van der Waals surface area contributed by atoms with Crippen LogP contribution in [0.3, 0.4) is 0 Å². The molecule has 0 aromatic heterocycles. The fourth-order valence-corrected chi connectivity index (χ4v) is 4.05. The number of benzene rings is 3. The van der Waals surface area contributed by atoms with Crippen LogP contribution < -0.4 is 4.90 Å². The van der Waals surface area contributed by atoms with Crippen molar-refractivity contribution in [3.63, 3.8) is 0 Å². The van der Waals surface area contributed by atoms with Crippen LogP contribution in [0, 0.1) is 6.92 Å². The van der Waals surface area contributed by atoms with Gasteiger partial charge in [-0.05, 0) is 36.2 Å². The first-order valence-corrected chi connectivity index (χ1v) is 9.75. The molecular formula is C24H20ClNO3. The summed E-state index contributed by atoms with van der Waals surface area (Å²) in [5.74, 6) is -0.874. The van der Waals surface area contributed by atoms with Crippen LogP contribution in [0.1, 0.15) is 33.5 Å². The number of aliphatic hydroxyl groups is 1. The van der Waals surface area contributed by atoms with Crippen LogP contribution in [0.5, 0.6) is 0 Å². The van der Waals surface area contributed by atoms with Gasteiger partial charge in [0.15, 0.2) is 11.4 Å². The first kappa shape index (κ1) is 19.4. The second-order valence-electron chi connectivity index (χ2n) is 7.28. The molecule has 29 heavy (non-hydrogen) atoms. The average molecular weight is 406 g/mol. The van der Waals surface area contributed by atoms with E-state index in [2.05, 4.69) is 0 Å². The molecule has 146 valence electrons. The maximum absolute atomic E-state index is 13.3. The number of rotatable bonds is 5. The molecule has 1 aliphatic rings. The van der Waals surface area contributed by atoms with Gasteiger partial charge in [0.1, 0.15) is 0 Å². The zero-order valence-electron chi connectivity index (χ0n) is 15.9. The Kier molecular flexibility index (Phi) is 4.99. The smallest absolute Gasteiger partial charge is 0.264 e. The van der Waals surface area contributed by atoms with E-state index in [9.17, 15) is 14.7 Å². The number of amides is 1. The Morgan fingerprint density at radius 1 is 1.00 bits per heavy atom. The lowest BCUT2D eigenvalue weighted by Gasteiger charge is -2.23. The van der Waals surface area contributed by atoms with Crippen molar-refractivity contribution < 1.29 is 14.7 Å². The third kappa shape index (κ3) is 3.35. The van der Waals surface area contributed by atoms with E-state index < -0.39 is 11.5 Å². The van der Waals surface area contributed by atoms with Gasteiger partial charge in [-0.25, -0.2) is 0 Å². The van der Waals surface area contributed by atoms with Crippen molar-refractivity contribution in [1.29, 1.82) is 0 Å². The molecule has 1 heterocycles. The second kappa shape index (κ2) is 7.47. The lowest BCUT2D eigenvalue weighted by atomic mass is 9.88. The number of carbonyl (C=O) groups excluding carboxylic acids is 2. The molecule has 0 fully saturated rings. The lowest BCUT2D eigenvalue weighted by Crippen LogP contribution is -2.41. The van der Waals surface area contributed by atoms with E-state index in [1.807, 2.05) is 37.3 Å². The highest BCUT2D eigenvalue weighted by atomic mass is 35.5. The highest BCUT2D eigenvalue weighted by Crippen LogP contribution is 2.43. The molecule has 4 rings (SSSR count). The summed E-state index contributed by atoms with van der Waals surface area (Å²) in [4.78, 5) is 27.8. The molecule has 1 unspecified atom stereocenters. The topological polar surface area (TPSA) is 57.6 Å². The molecule has 3 aromatic carbocycles. The van der Waals surface area contributed by atoms with Crippen molar-refractivity contribution in [2.45, 2.75) is 25.5 Å². The van der Waals surface area contributed by atoms with E-state index in [0.717, 1.165) is 11.1 Å². The van der Waals surface area contributed by atoms with Crippen LogP contribution in [-0.2, 0) is 16.9 Å². The summed E-state index contributed by atoms with van der Waals surface area (Å²) in [5, 5.41) is 11.7. The summed E-state index contributed by atoms with van der Waals surface area (Å²) in [5.41, 5.74) is 1.48. The fraction of sp³-hybridized carbons (Fsp3) is 0.167. The number of carbonyl (C=O) groups is 2. The van der Waals surface area contributed by atoms with Crippen molar-refractivity contribution in [1.82, 2.24) is 0 Å². The maximum Gasteiger partial charge on any atom is 0.264 e. The van der Waals surface area contributed by atoms with Gasteiger partial charge < -0.3 is 10.0 Å². The molecular weight excluding hydrogens is 386 g/mol. The van der Waals surface area contributed by atoms with Crippen molar-refractivity contribution in [2.75, 3.05) is 4.90 Å². The minimum Gasteiger partial charge on any atom is -0.375 e. The van der Waals surface area contributed by atoms with E-state index in [4.69, 9.17) is 11.6 Å². The Hall–Kier alpha value is -2.95. The van der Waals surface area contributed by atoms with Crippen molar-refractivity contribution in [2.24, 2.45) is 0 Å². The number of hydrogen-bond acceptors (Lipinski definition) is 3. The number of hydrogen-bond donors (Lipinski definition) is 1. The number of nitrogens with zero attached hydrogens (tertiary/aromatic N) is 1. The van der Waals surface area contributed by atoms with Crippen molar-refractivity contribution in [3.8, 4) is 0 Å². The van der Waals surface area contributed by atoms with E-state index in [0.29, 0.717) is 28.4 Å². The zero-order chi connectivity index (χ0) is 20.6. The minimum atomic E-state index is -1.92. The van der Waals surface area contributed by atoms with E-state index in [-0.39, 0.29) is 12.2 Å². The molecule has 1 atom stereocenters. The third-order valence-corrected chi connectivity index (χ3v) is 5.75. The molecule has 0 saturated heterocycles. The normalized spacial score (nSPS) is 18.0. The quantitative estimate of drug-likeness (QED) is 0.628. The van der Waals surface area contributed by atoms with Gasteiger partial charge in [-0.3, -0.25) is 9.59 Å². The molecule has 0 bridgehead atoms. The number of Topliss-reactive ketones (excluding diaryl/α,β-unsaturated/α-hetero) is 1. The number of anilines is 1. The molecule has 0 radical (unpaired) electrons. The van der Waals surface area contributed by atoms with Gasteiger partial charge in [0.25, 0.3) is 5.91 Å². The van der Waals surface area contributed by atoms with Gasteiger partial charge in [0.2, 0.25) is 0 Å². The second-order valence-corrected chi connectivity index (χ2v) is 7.68. The van der Waals surface area contributed by atoms with Gasteiger partial charge in [0.05, 0.1) is 23.7 Å². The molecule has 5 heteroatoms. The molecule has 1 N–H and O–H groups in total. The Morgan fingerprint density at radius 2 is 1.66 bits per heavy atom. The summed E-state index contributed by atoms with van der Waals surface area (Å²) in [7, 11) is 0. The number of aryl methyl sites for hydroxylation is 1. The predicted molar refractivity (Wildman–Crippen MR) is 113 cm³/mol. The van der Waals surface area contributed by atoms with Crippen LogP contribution in [0.4, 0.5) is 5.69 Å². The summed E-state index contributed by atoms with van der Waals surface area (Å²) >= 11 is 6.14. The van der Waals surface area contributed by atoms with Crippen molar-refractivity contribution in [3.05, 3.63) is 100 Å². The van der Waals surface area contributed by atoms with Gasteiger partial charge in [-0.1, -0.05) is 66.2 Å². The number of para-hydroxylation sites is 1. The summed E-state index contributed by atoms with van der Waals surface area (Å²) in [6.45, 7) is 2.31. The Morgan fingerprint density at radius 3 is 2.41 bits per heavy atom. The molecule has 1 amide bonds. The first-order chi connectivity index (χ1) is 13.9. The first-order valence-electron chi connectivity index (χ1n) is 9.38. The van der Waals surface area contributed by atoms with Crippen LogP contribution in [0.15, 0.2) is 72.8 Å². The SMILES string of the molecule is Cc1ccccc1CN1C(=O)C(O)(CC(=O)c2ccccc2Cl)c2ccccc21. The lowest BCUT2D eigenvalue weighted by molar-refractivity contribution is -0.136. The zero-order valence-corrected chi connectivity index (χ0v) is 16.7. The number of fused-ring (bicyclic) bond motifs is 1. The highest BCUT2D eigenvalue weighted by molar-refractivity contribution is 6.34. The highest BCUT2D eigenvalue weighted by Gasteiger charge is 2.50. The van der Waals surface area contributed by atoms with Crippen LogP contribution in [0.2, 0.25) is 5.02 Å². The molecule has 0 saturated carbocycles. The monoisotopic (exact) mass is 405 g/mol. The molecule has 3 aromatic rings. The number of ketones is 1. The van der Waals surface area contributed by atoms with Crippen molar-refractivity contribution >= 4 is 29.0 Å². The van der Waals surface area contributed by atoms with E-state index >= 15 is 0 Å². The Labute approximate surface area is 174 Å². The molecule has 1 aliphatic heterocycles. The maximum atomic E-state index is 13.3. The Bertz CT molecular complexity index is 1110. The van der Waals surface area contributed by atoms with Gasteiger partial charge >= 0.3 is 0 Å². The third-order valence-electron chi connectivity index (χ3n) is 5.42.